The molecule has 1 heterocycles. The summed E-state index contributed by atoms with van der Waals surface area (Å²) in [6.45, 7) is 5.87. The van der Waals surface area contributed by atoms with Crippen molar-refractivity contribution < 1.29 is 33.5 Å². The molecule has 3 aromatic carbocycles. The molecule has 0 aliphatic carbocycles. The van der Waals surface area contributed by atoms with Crippen LogP contribution in [-0.4, -0.2) is 47.2 Å². The van der Waals surface area contributed by atoms with Crippen molar-refractivity contribution in [3.05, 3.63) is 105 Å². The molecule has 0 radical (unpaired) electrons. The van der Waals surface area contributed by atoms with Crippen molar-refractivity contribution in [2.45, 2.75) is 52.1 Å². The maximum Gasteiger partial charge on any atom is 0.326 e. The van der Waals surface area contributed by atoms with Crippen LogP contribution in [0.15, 0.2) is 71.3 Å². The van der Waals surface area contributed by atoms with E-state index in [1.807, 2.05) is 39.0 Å². The second kappa shape index (κ2) is 16.8. The van der Waals surface area contributed by atoms with Gasteiger partial charge in [0, 0.05) is 18.2 Å². The van der Waals surface area contributed by atoms with Gasteiger partial charge < -0.3 is 35.6 Å². The third kappa shape index (κ3) is 10.2. The van der Waals surface area contributed by atoms with Crippen LogP contribution < -0.4 is 26.0 Å². The number of nitrogens with zero attached hydrogens (tertiary/aromatic N) is 1. The van der Waals surface area contributed by atoms with Gasteiger partial charge in [-0.1, -0.05) is 72.5 Å². The van der Waals surface area contributed by atoms with Crippen LogP contribution in [0.25, 0.3) is 0 Å². The number of para-hydroxylation sites is 1. The van der Waals surface area contributed by atoms with Gasteiger partial charge in [0.05, 0.1) is 40.9 Å². The Labute approximate surface area is 293 Å². The van der Waals surface area contributed by atoms with Crippen molar-refractivity contribution in [3.63, 3.8) is 0 Å². The standard InChI is InChI=1S/C35H37Cl2N5O7/c1-19(2)14-27(28-17-22(49-42-28)18-29(34(45)46)39-33(44)32-23(36)9-7-10-24(32)37)38-31(43)16-21-12-13-26(30(15-21)48-4)41-35(47)40-25-11-6-5-8-20(25)3/h5-13,15,17,19,27,29H,14,16,18H2,1-4H3,(H,38,43)(H,39,44)(H,45,46)(H2,40,41,47). The molecular formula is C35H37Cl2N5O7. The molecule has 1 aromatic heterocycles. The van der Waals surface area contributed by atoms with E-state index in [-0.39, 0.29) is 46.0 Å². The molecule has 4 rings (SSSR count). The van der Waals surface area contributed by atoms with Crippen LogP contribution in [0, 0.1) is 12.8 Å². The summed E-state index contributed by atoms with van der Waals surface area (Å²) in [5.74, 6) is -1.63. The average Bonchev–Trinajstić information content (AvgIpc) is 3.50. The SMILES string of the molecule is COc1cc(CC(=O)NC(CC(C)C)c2cc(CC(NC(=O)c3c(Cl)cccc3Cl)C(=O)O)on2)ccc1NC(=O)Nc1ccccc1C. The van der Waals surface area contributed by atoms with E-state index in [4.69, 9.17) is 32.5 Å². The van der Waals surface area contributed by atoms with E-state index in [1.54, 1.807) is 36.4 Å². The number of benzene rings is 3. The lowest BCUT2D eigenvalue weighted by molar-refractivity contribution is -0.139. The summed E-state index contributed by atoms with van der Waals surface area (Å²) in [4.78, 5) is 50.7. The molecule has 0 spiro atoms. The molecule has 0 bridgehead atoms. The monoisotopic (exact) mass is 709 g/mol. The molecule has 0 saturated carbocycles. The van der Waals surface area contributed by atoms with E-state index in [1.165, 1.54) is 19.2 Å². The second-order valence-electron chi connectivity index (χ2n) is 11.7. The summed E-state index contributed by atoms with van der Waals surface area (Å²) in [6, 6.07) is 16.2. The van der Waals surface area contributed by atoms with Crippen LogP contribution in [0.1, 0.15) is 59.2 Å². The van der Waals surface area contributed by atoms with Crippen molar-refractivity contribution in [3.8, 4) is 5.75 Å². The number of amides is 4. The number of aromatic nitrogens is 1. The van der Waals surface area contributed by atoms with Crippen LogP contribution >= 0.6 is 23.2 Å². The van der Waals surface area contributed by atoms with Crippen molar-refractivity contribution in [1.82, 2.24) is 15.8 Å². The van der Waals surface area contributed by atoms with E-state index in [0.29, 0.717) is 34.8 Å². The molecule has 0 saturated heterocycles. The average molecular weight is 711 g/mol. The Morgan fingerprint density at radius 3 is 2.27 bits per heavy atom. The number of aryl methyl sites for hydroxylation is 1. The van der Waals surface area contributed by atoms with Crippen LogP contribution in [0.4, 0.5) is 16.2 Å². The van der Waals surface area contributed by atoms with Gasteiger partial charge in [-0.2, -0.15) is 0 Å². The highest BCUT2D eigenvalue weighted by atomic mass is 35.5. The quantitative estimate of drug-likeness (QED) is 0.0950. The molecule has 14 heteroatoms. The lowest BCUT2D eigenvalue weighted by atomic mass is 10.00. The summed E-state index contributed by atoms with van der Waals surface area (Å²) >= 11 is 12.2. The fourth-order valence-corrected chi connectivity index (χ4v) is 5.60. The minimum atomic E-state index is -1.38. The van der Waals surface area contributed by atoms with E-state index in [9.17, 15) is 24.3 Å². The number of hydrogen-bond donors (Lipinski definition) is 5. The highest BCUT2D eigenvalue weighted by Gasteiger charge is 2.27. The minimum absolute atomic E-state index is 0.00305. The first-order valence-electron chi connectivity index (χ1n) is 15.4. The lowest BCUT2D eigenvalue weighted by Gasteiger charge is -2.19. The van der Waals surface area contributed by atoms with E-state index >= 15 is 0 Å². The smallest absolute Gasteiger partial charge is 0.326 e. The first kappa shape index (κ1) is 36.8. The molecule has 4 amide bonds. The Balaban J connectivity index is 1.41. The Morgan fingerprint density at radius 1 is 0.918 bits per heavy atom. The van der Waals surface area contributed by atoms with Gasteiger partial charge >= 0.3 is 12.0 Å². The molecule has 49 heavy (non-hydrogen) atoms. The number of nitrogens with one attached hydrogen (secondary N) is 4. The fourth-order valence-electron chi connectivity index (χ4n) is 5.03. The number of carboxylic acid groups (broad SMARTS) is 1. The van der Waals surface area contributed by atoms with E-state index < -0.39 is 30.0 Å². The van der Waals surface area contributed by atoms with E-state index in [2.05, 4.69) is 26.4 Å². The number of carbonyl (C=O) groups excluding carboxylic acids is 3. The van der Waals surface area contributed by atoms with E-state index in [0.717, 1.165) is 5.56 Å². The topological polar surface area (TPSA) is 172 Å². The number of halogens is 2. The zero-order chi connectivity index (χ0) is 35.7. The summed E-state index contributed by atoms with van der Waals surface area (Å²) < 4.78 is 10.9. The normalized spacial score (nSPS) is 12.1. The van der Waals surface area contributed by atoms with Crippen molar-refractivity contribution in [2.75, 3.05) is 17.7 Å². The zero-order valence-electron chi connectivity index (χ0n) is 27.3. The first-order chi connectivity index (χ1) is 23.3. The van der Waals surface area contributed by atoms with Crippen molar-refractivity contribution in [1.29, 1.82) is 0 Å². The summed E-state index contributed by atoms with van der Waals surface area (Å²) in [5.41, 5.74) is 3.02. The molecule has 258 valence electrons. The highest BCUT2D eigenvalue weighted by Crippen LogP contribution is 2.28. The predicted octanol–water partition coefficient (Wildman–Crippen LogP) is 6.81. The predicted molar refractivity (Wildman–Crippen MR) is 186 cm³/mol. The maximum atomic E-state index is 13.2. The molecule has 0 fully saturated rings. The fraction of sp³-hybridized carbons (Fsp3) is 0.286. The first-order valence-corrected chi connectivity index (χ1v) is 16.1. The molecular weight excluding hydrogens is 673 g/mol. The molecule has 4 aromatic rings. The number of rotatable bonds is 14. The summed E-state index contributed by atoms with van der Waals surface area (Å²) in [6.07, 6.45) is 0.300. The number of urea groups is 1. The third-order valence-corrected chi connectivity index (χ3v) is 8.08. The minimum Gasteiger partial charge on any atom is -0.495 e. The molecule has 2 atom stereocenters. The second-order valence-corrected chi connectivity index (χ2v) is 12.6. The van der Waals surface area contributed by atoms with Crippen molar-refractivity contribution >= 4 is 58.4 Å². The Bertz CT molecular complexity index is 1810. The number of carboxylic acids is 1. The number of hydrogen-bond acceptors (Lipinski definition) is 7. The van der Waals surface area contributed by atoms with Crippen LogP contribution in [-0.2, 0) is 22.4 Å². The third-order valence-electron chi connectivity index (χ3n) is 7.45. The van der Waals surface area contributed by atoms with Crippen LogP contribution in [0.5, 0.6) is 5.75 Å². The Hall–Kier alpha value is -5.07. The van der Waals surface area contributed by atoms with Crippen molar-refractivity contribution in [2.24, 2.45) is 5.92 Å². The van der Waals surface area contributed by atoms with Gasteiger partial charge in [-0.15, -0.1) is 0 Å². The molecule has 5 N–H and O–H groups in total. The number of anilines is 2. The lowest BCUT2D eigenvalue weighted by Crippen LogP contribution is -2.42. The van der Waals surface area contributed by atoms with Crippen LogP contribution in [0.3, 0.4) is 0 Å². The number of aliphatic carboxylic acids is 1. The highest BCUT2D eigenvalue weighted by molar-refractivity contribution is 6.39. The van der Waals surface area contributed by atoms with Crippen LogP contribution in [0.2, 0.25) is 10.0 Å². The Kier molecular flexibility index (Phi) is 12.6. The number of carbonyl (C=O) groups is 4. The molecule has 0 aliphatic heterocycles. The summed E-state index contributed by atoms with van der Waals surface area (Å²) in [7, 11) is 1.47. The van der Waals surface area contributed by atoms with Gasteiger partial charge in [-0.25, -0.2) is 9.59 Å². The summed E-state index contributed by atoms with van der Waals surface area (Å²) in [5, 5.41) is 25.1. The van der Waals surface area contributed by atoms with Gasteiger partial charge in [0.2, 0.25) is 5.91 Å². The molecule has 2 unspecified atom stereocenters. The molecule has 0 aliphatic rings. The zero-order valence-corrected chi connectivity index (χ0v) is 28.8. The largest absolute Gasteiger partial charge is 0.495 e. The Morgan fingerprint density at radius 2 is 1.61 bits per heavy atom. The van der Waals surface area contributed by atoms with Gasteiger partial charge in [0.25, 0.3) is 5.91 Å². The molecule has 12 nitrogen and oxygen atoms in total. The van der Waals surface area contributed by atoms with Gasteiger partial charge in [0.15, 0.2) is 0 Å². The van der Waals surface area contributed by atoms with Gasteiger partial charge in [-0.3, -0.25) is 9.59 Å². The maximum absolute atomic E-state index is 13.2. The van der Waals surface area contributed by atoms with Gasteiger partial charge in [-0.05, 0) is 60.7 Å². The number of ether oxygens (including phenoxy) is 1. The van der Waals surface area contributed by atoms with Gasteiger partial charge in [0.1, 0.15) is 23.2 Å². The number of methoxy groups -OCH3 is 1.